The van der Waals surface area contributed by atoms with Crippen molar-refractivity contribution in [3.8, 4) is 11.5 Å². The first-order chi connectivity index (χ1) is 11.1. The first kappa shape index (κ1) is 15.8. The van der Waals surface area contributed by atoms with Gasteiger partial charge in [-0.1, -0.05) is 41.5 Å². The molecule has 128 valence electrons. The molecule has 1 fully saturated rings. The molecule has 0 aliphatic heterocycles. The van der Waals surface area contributed by atoms with Crippen molar-refractivity contribution in [1.29, 1.82) is 0 Å². The lowest BCUT2D eigenvalue weighted by Crippen LogP contribution is -2.32. The lowest BCUT2D eigenvalue weighted by molar-refractivity contribution is 0.225. The van der Waals surface area contributed by atoms with Crippen LogP contribution in [-0.4, -0.2) is 20.2 Å². The van der Waals surface area contributed by atoms with Crippen LogP contribution in [0.1, 0.15) is 77.1 Å². The predicted molar refractivity (Wildman–Crippen MR) is 95.9 cm³/mol. The van der Waals surface area contributed by atoms with E-state index >= 15 is 0 Å². The van der Waals surface area contributed by atoms with Crippen LogP contribution in [0.4, 0.5) is 0 Å². The van der Waals surface area contributed by atoms with Crippen LogP contribution in [0.2, 0.25) is 0 Å². The Labute approximate surface area is 144 Å². The second-order valence-electron chi connectivity index (χ2n) is 9.66. The molecule has 2 bridgehead atoms. The van der Waals surface area contributed by atoms with Crippen LogP contribution in [-0.2, 0) is 11.8 Å². The normalized spacial score (nSPS) is 27.5. The van der Waals surface area contributed by atoms with Gasteiger partial charge in [-0.2, -0.15) is 5.10 Å². The van der Waals surface area contributed by atoms with Gasteiger partial charge in [0.1, 0.15) is 5.69 Å². The minimum atomic E-state index is 0.199. The molecule has 2 aromatic rings. The standard InChI is InChI=1S/C20H28N4/c1-18(2,3)9-12-10-21-17(22-11-12)15-14-13-7-8-20(6,19(13,4)5)16(14)24-23-15/h10-11,13H,7-9H2,1-6H3,(H,23,24). The molecule has 1 N–H and O–H groups in total. The highest BCUT2D eigenvalue weighted by atomic mass is 15.2. The molecule has 2 aliphatic carbocycles. The van der Waals surface area contributed by atoms with Gasteiger partial charge in [-0.3, -0.25) is 5.10 Å². The molecule has 0 saturated heterocycles. The van der Waals surface area contributed by atoms with Gasteiger partial charge in [-0.25, -0.2) is 9.97 Å². The molecule has 2 atom stereocenters. The van der Waals surface area contributed by atoms with Crippen molar-refractivity contribution in [1.82, 2.24) is 20.2 Å². The fourth-order valence-corrected chi connectivity index (χ4v) is 4.91. The Morgan fingerprint density at radius 3 is 2.46 bits per heavy atom. The van der Waals surface area contributed by atoms with E-state index in [4.69, 9.17) is 0 Å². The van der Waals surface area contributed by atoms with E-state index in [1.54, 1.807) is 0 Å². The van der Waals surface area contributed by atoms with Crippen molar-refractivity contribution >= 4 is 0 Å². The number of hydrogen-bond acceptors (Lipinski definition) is 3. The molecule has 0 amide bonds. The zero-order valence-corrected chi connectivity index (χ0v) is 15.7. The molecule has 2 aromatic heterocycles. The summed E-state index contributed by atoms with van der Waals surface area (Å²) >= 11 is 0. The fraction of sp³-hybridized carbons (Fsp3) is 0.650. The largest absolute Gasteiger partial charge is 0.281 e. The van der Waals surface area contributed by atoms with E-state index in [-0.39, 0.29) is 16.2 Å². The molecule has 2 heterocycles. The highest BCUT2D eigenvalue weighted by Crippen LogP contribution is 2.68. The topological polar surface area (TPSA) is 54.5 Å². The van der Waals surface area contributed by atoms with Gasteiger partial charge >= 0.3 is 0 Å². The lowest BCUT2D eigenvalue weighted by Gasteiger charge is -2.34. The van der Waals surface area contributed by atoms with E-state index < -0.39 is 0 Å². The van der Waals surface area contributed by atoms with Gasteiger partial charge in [-0.15, -0.1) is 0 Å². The Hall–Kier alpha value is -1.71. The van der Waals surface area contributed by atoms with Crippen molar-refractivity contribution < 1.29 is 0 Å². The average molecular weight is 324 g/mol. The van der Waals surface area contributed by atoms with Crippen molar-refractivity contribution in [2.75, 3.05) is 0 Å². The number of rotatable bonds is 2. The quantitative estimate of drug-likeness (QED) is 0.876. The summed E-state index contributed by atoms with van der Waals surface area (Å²) in [6.45, 7) is 13.9. The first-order valence-corrected chi connectivity index (χ1v) is 9.03. The summed E-state index contributed by atoms with van der Waals surface area (Å²) in [5.74, 6) is 1.32. The Balaban J connectivity index is 1.72. The summed E-state index contributed by atoms with van der Waals surface area (Å²) in [7, 11) is 0. The first-order valence-electron chi connectivity index (χ1n) is 9.03. The van der Waals surface area contributed by atoms with E-state index in [0.29, 0.717) is 5.92 Å². The maximum Gasteiger partial charge on any atom is 0.180 e. The zero-order valence-electron chi connectivity index (χ0n) is 15.7. The van der Waals surface area contributed by atoms with Gasteiger partial charge in [0, 0.05) is 29.1 Å². The highest BCUT2D eigenvalue weighted by Gasteiger charge is 2.61. The number of H-pyrrole nitrogens is 1. The molecule has 2 aliphatic rings. The molecule has 4 nitrogen and oxygen atoms in total. The van der Waals surface area contributed by atoms with Gasteiger partial charge in [-0.05, 0) is 41.6 Å². The van der Waals surface area contributed by atoms with Crippen LogP contribution in [0.3, 0.4) is 0 Å². The van der Waals surface area contributed by atoms with Crippen LogP contribution in [0.25, 0.3) is 11.5 Å². The molecule has 1 saturated carbocycles. The van der Waals surface area contributed by atoms with Crippen LogP contribution in [0.5, 0.6) is 0 Å². The van der Waals surface area contributed by atoms with E-state index in [2.05, 4.69) is 61.7 Å². The molecule has 0 spiro atoms. The summed E-state index contributed by atoms with van der Waals surface area (Å²) in [4.78, 5) is 9.29. The molecule has 4 rings (SSSR count). The van der Waals surface area contributed by atoms with Crippen molar-refractivity contribution in [2.24, 2.45) is 10.8 Å². The number of hydrogen-bond donors (Lipinski definition) is 1. The fourth-order valence-electron chi connectivity index (χ4n) is 4.91. The van der Waals surface area contributed by atoms with E-state index in [0.717, 1.165) is 17.9 Å². The monoisotopic (exact) mass is 324 g/mol. The van der Waals surface area contributed by atoms with Crippen molar-refractivity contribution in [2.45, 2.75) is 72.1 Å². The van der Waals surface area contributed by atoms with E-state index in [1.807, 2.05) is 12.4 Å². The smallest absolute Gasteiger partial charge is 0.180 e. The van der Waals surface area contributed by atoms with E-state index in [1.165, 1.54) is 29.7 Å². The summed E-state index contributed by atoms with van der Waals surface area (Å²) in [6.07, 6.45) is 7.40. The highest BCUT2D eigenvalue weighted by molar-refractivity contribution is 5.63. The number of aromatic amines is 1. The second-order valence-corrected chi connectivity index (χ2v) is 9.66. The molecular weight excluding hydrogens is 296 g/mol. The third-order valence-corrected chi connectivity index (χ3v) is 6.58. The molecule has 2 unspecified atom stereocenters. The Kier molecular flexibility index (Phi) is 3.08. The molecule has 0 radical (unpaired) electrons. The number of aromatic nitrogens is 4. The van der Waals surface area contributed by atoms with Crippen molar-refractivity contribution in [3.05, 3.63) is 29.2 Å². The third kappa shape index (κ3) is 2.01. The molecular formula is C20H28N4. The molecule has 0 aromatic carbocycles. The lowest BCUT2D eigenvalue weighted by atomic mass is 9.70. The van der Waals surface area contributed by atoms with Gasteiger partial charge < -0.3 is 0 Å². The van der Waals surface area contributed by atoms with E-state index in [9.17, 15) is 0 Å². The van der Waals surface area contributed by atoms with Crippen LogP contribution in [0, 0.1) is 10.8 Å². The maximum absolute atomic E-state index is 4.64. The van der Waals surface area contributed by atoms with Gasteiger partial charge in [0.25, 0.3) is 0 Å². The summed E-state index contributed by atoms with van der Waals surface area (Å²) in [5, 5.41) is 7.95. The van der Waals surface area contributed by atoms with Gasteiger partial charge in [0.2, 0.25) is 0 Å². The second kappa shape index (κ2) is 4.68. The third-order valence-electron chi connectivity index (χ3n) is 6.58. The minimum absolute atomic E-state index is 0.199. The molecule has 4 heteroatoms. The Morgan fingerprint density at radius 2 is 1.83 bits per heavy atom. The predicted octanol–water partition coefficient (Wildman–Crippen LogP) is 4.63. The van der Waals surface area contributed by atoms with Gasteiger partial charge in [0.05, 0.1) is 0 Å². The van der Waals surface area contributed by atoms with Crippen molar-refractivity contribution in [3.63, 3.8) is 0 Å². The van der Waals surface area contributed by atoms with Crippen LogP contribution in [0.15, 0.2) is 12.4 Å². The number of fused-ring (bicyclic) bond motifs is 5. The SMILES string of the molecule is CC(C)(C)Cc1cnc(-c2n[nH]c3c2C2CCC3(C)C2(C)C)nc1. The van der Waals surface area contributed by atoms with Crippen LogP contribution < -0.4 is 0 Å². The summed E-state index contributed by atoms with van der Waals surface area (Å²) in [6, 6.07) is 0. The number of nitrogens with zero attached hydrogens (tertiary/aromatic N) is 3. The Morgan fingerprint density at radius 1 is 1.17 bits per heavy atom. The molecule has 24 heavy (non-hydrogen) atoms. The minimum Gasteiger partial charge on any atom is -0.281 e. The average Bonchev–Trinajstić information content (AvgIpc) is 3.05. The van der Waals surface area contributed by atoms with Crippen LogP contribution >= 0.6 is 0 Å². The Bertz CT molecular complexity index is 779. The maximum atomic E-state index is 4.64. The summed E-state index contributed by atoms with van der Waals surface area (Å²) in [5.41, 5.74) is 5.57. The van der Waals surface area contributed by atoms with Gasteiger partial charge in [0.15, 0.2) is 5.82 Å². The zero-order chi connectivity index (χ0) is 17.3. The summed E-state index contributed by atoms with van der Waals surface area (Å²) < 4.78 is 0. The number of nitrogens with one attached hydrogen (secondary N) is 1.